The van der Waals surface area contributed by atoms with Crippen LogP contribution in [0.25, 0.3) is 0 Å². The van der Waals surface area contributed by atoms with Crippen molar-refractivity contribution in [2.24, 2.45) is 18.9 Å². The number of aromatic nitrogens is 2. The SMILES string of the molecule is CC1CCC(CNc2nccn(C)c2=O)C1. The van der Waals surface area contributed by atoms with Crippen molar-refractivity contribution in [1.29, 1.82) is 0 Å². The largest absolute Gasteiger partial charge is 0.365 e. The molecule has 1 aliphatic carbocycles. The third kappa shape index (κ3) is 2.43. The molecule has 0 spiro atoms. The molecule has 0 saturated heterocycles. The first-order valence-electron chi connectivity index (χ1n) is 5.92. The molecule has 4 nitrogen and oxygen atoms in total. The van der Waals surface area contributed by atoms with Crippen LogP contribution in [0, 0.1) is 11.8 Å². The van der Waals surface area contributed by atoms with Crippen LogP contribution < -0.4 is 10.9 Å². The Morgan fingerprint density at radius 3 is 3.06 bits per heavy atom. The number of hydrogen-bond donors (Lipinski definition) is 1. The number of hydrogen-bond acceptors (Lipinski definition) is 3. The van der Waals surface area contributed by atoms with Gasteiger partial charge in [-0.25, -0.2) is 4.98 Å². The van der Waals surface area contributed by atoms with E-state index in [2.05, 4.69) is 17.2 Å². The molecule has 0 bridgehead atoms. The number of anilines is 1. The summed E-state index contributed by atoms with van der Waals surface area (Å²) in [4.78, 5) is 15.8. The molecule has 16 heavy (non-hydrogen) atoms. The molecular formula is C12H19N3O. The van der Waals surface area contributed by atoms with Crippen molar-refractivity contribution in [2.75, 3.05) is 11.9 Å². The van der Waals surface area contributed by atoms with Crippen LogP contribution in [0.2, 0.25) is 0 Å². The van der Waals surface area contributed by atoms with E-state index >= 15 is 0 Å². The third-order valence-corrected chi connectivity index (χ3v) is 3.38. The monoisotopic (exact) mass is 221 g/mol. The van der Waals surface area contributed by atoms with Crippen molar-refractivity contribution >= 4 is 5.82 Å². The van der Waals surface area contributed by atoms with Crippen LogP contribution >= 0.6 is 0 Å². The van der Waals surface area contributed by atoms with Gasteiger partial charge in [0.2, 0.25) is 0 Å². The molecule has 1 aromatic heterocycles. The number of rotatable bonds is 3. The van der Waals surface area contributed by atoms with Gasteiger partial charge in [-0.3, -0.25) is 4.79 Å². The zero-order valence-corrected chi connectivity index (χ0v) is 9.94. The Morgan fingerprint density at radius 2 is 2.38 bits per heavy atom. The molecular weight excluding hydrogens is 202 g/mol. The lowest BCUT2D eigenvalue weighted by atomic mass is 10.1. The Balaban J connectivity index is 1.95. The summed E-state index contributed by atoms with van der Waals surface area (Å²) in [5.74, 6) is 2.00. The van der Waals surface area contributed by atoms with Crippen LogP contribution in [0.4, 0.5) is 5.82 Å². The first-order chi connectivity index (χ1) is 7.66. The van der Waals surface area contributed by atoms with Gasteiger partial charge in [-0.15, -0.1) is 0 Å². The second kappa shape index (κ2) is 4.68. The standard InChI is InChI=1S/C12H19N3O/c1-9-3-4-10(7-9)8-14-11-12(16)15(2)6-5-13-11/h5-6,9-10H,3-4,7-8H2,1-2H3,(H,13,14). The lowest BCUT2D eigenvalue weighted by Crippen LogP contribution is -2.24. The van der Waals surface area contributed by atoms with E-state index in [1.165, 1.54) is 19.3 Å². The van der Waals surface area contributed by atoms with E-state index in [-0.39, 0.29) is 5.56 Å². The van der Waals surface area contributed by atoms with E-state index < -0.39 is 0 Å². The van der Waals surface area contributed by atoms with Gasteiger partial charge in [0.1, 0.15) is 0 Å². The van der Waals surface area contributed by atoms with Crippen molar-refractivity contribution in [1.82, 2.24) is 9.55 Å². The zero-order valence-electron chi connectivity index (χ0n) is 9.94. The van der Waals surface area contributed by atoms with Crippen LogP contribution in [0.3, 0.4) is 0 Å². The summed E-state index contributed by atoms with van der Waals surface area (Å²) >= 11 is 0. The summed E-state index contributed by atoms with van der Waals surface area (Å²) in [6, 6.07) is 0. The van der Waals surface area contributed by atoms with E-state index in [0.717, 1.165) is 12.5 Å². The molecule has 0 amide bonds. The first-order valence-corrected chi connectivity index (χ1v) is 5.92. The molecule has 4 heteroatoms. The van der Waals surface area contributed by atoms with Gasteiger partial charge in [-0.1, -0.05) is 13.3 Å². The molecule has 1 aliphatic rings. The lowest BCUT2D eigenvalue weighted by molar-refractivity contribution is 0.536. The van der Waals surface area contributed by atoms with E-state index in [1.54, 1.807) is 24.0 Å². The van der Waals surface area contributed by atoms with Gasteiger partial charge in [0, 0.05) is 26.0 Å². The second-order valence-corrected chi connectivity index (χ2v) is 4.86. The maximum absolute atomic E-state index is 11.7. The van der Waals surface area contributed by atoms with Crippen LogP contribution in [0.15, 0.2) is 17.2 Å². The molecule has 0 aromatic carbocycles. The molecule has 0 radical (unpaired) electrons. The summed E-state index contributed by atoms with van der Waals surface area (Å²) in [5.41, 5.74) is -0.0476. The van der Waals surface area contributed by atoms with Gasteiger partial charge in [0.05, 0.1) is 0 Å². The molecule has 88 valence electrons. The Labute approximate surface area is 95.7 Å². The van der Waals surface area contributed by atoms with Crippen LogP contribution in [-0.2, 0) is 7.05 Å². The van der Waals surface area contributed by atoms with Crippen molar-refractivity contribution < 1.29 is 0 Å². The summed E-state index contributed by atoms with van der Waals surface area (Å²) in [7, 11) is 1.74. The molecule has 2 unspecified atom stereocenters. The van der Waals surface area contributed by atoms with Crippen LogP contribution in [0.5, 0.6) is 0 Å². The molecule has 2 atom stereocenters. The highest BCUT2D eigenvalue weighted by atomic mass is 16.1. The van der Waals surface area contributed by atoms with Gasteiger partial charge in [0.15, 0.2) is 5.82 Å². The highest BCUT2D eigenvalue weighted by molar-refractivity contribution is 5.30. The minimum Gasteiger partial charge on any atom is -0.365 e. The van der Waals surface area contributed by atoms with Gasteiger partial charge >= 0.3 is 0 Å². The van der Waals surface area contributed by atoms with Gasteiger partial charge < -0.3 is 9.88 Å². The molecule has 1 N–H and O–H groups in total. The lowest BCUT2D eigenvalue weighted by Gasteiger charge is -2.11. The van der Waals surface area contributed by atoms with Crippen molar-refractivity contribution in [3.05, 3.63) is 22.7 Å². The average Bonchev–Trinajstić information content (AvgIpc) is 2.67. The van der Waals surface area contributed by atoms with Gasteiger partial charge in [-0.05, 0) is 24.7 Å². The normalized spacial score (nSPS) is 24.6. The molecule has 1 aromatic rings. The van der Waals surface area contributed by atoms with E-state index in [9.17, 15) is 4.79 Å². The number of nitrogens with one attached hydrogen (secondary N) is 1. The maximum Gasteiger partial charge on any atom is 0.293 e. The maximum atomic E-state index is 11.7. The fourth-order valence-corrected chi connectivity index (χ4v) is 2.37. The van der Waals surface area contributed by atoms with Crippen molar-refractivity contribution in [3.63, 3.8) is 0 Å². The molecule has 0 aliphatic heterocycles. The fraction of sp³-hybridized carbons (Fsp3) is 0.667. The summed E-state index contributed by atoms with van der Waals surface area (Å²) < 4.78 is 1.55. The smallest absolute Gasteiger partial charge is 0.293 e. The quantitative estimate of drug-likeness (QED) is 0.843. The minimum atomic E-state index is -0.0476. The van der Waals surface area contributed by atoms with E-state index in [0.29, 0.717) is 11.7 Å². The third-order valence-electron chi connectivity index (χ3n) is 3.38. The molecule has 2 rings (SSSR count). The second-order valence-electron chi connectivity index (χ2n) is 4.86. The van der Waals surface area contributed by atoms with Crippen molar-refractivity contribution in [2.45, 2.75) is 26.2 Å². The van der Waals surface area contributed by atoms with Gasteiger partial charge in [-0.2, -0.15) is 0 Å². The number of nitrogens with zero attached hydrogens (tertiary/aromatic N) is 2. The first kappa shape index (κ1) is 11.2. The van der Waals surface area contributed by atoms with E-state index in [1.807, 2.05) is 0 Å². The van der Waals surface area contributed by atoms with Gasteiger partial charge in [0.25, 0.3) is 5.56 Å². The highest BCUT2D eigenvalue weighted by Gasteiger charge is 2.21. The van der Waals surface area contributed by atoms with Crippen LogP contribution in [-0.4, -0.2) is 16.1 Å². The summed E-state index contributed by atoms with van der Waals surface area (Å²) in [5, 5.41) is 3.17. The van der Waals surface area contributed by atoms with E-state index in [4.69, 9.17) is 0 Å². The van der Waals surface area contributed by atoms with Crippen LogP contribution in [0.1, 0.15) is 26.2 Å². The minimum absolute atomic E-state index is 0.0476. The Bertz CT molecular complexity index is 413. The molecule has 1 heterocycles. The Hall–Kier alpha value is -1.32. The Morgan fingerprint density at radius 1 is 1.56 bits per heavy atom. The zero-order chi connectivity index (χ0) is 11.5. The summed E-state index contributed by atoms with van der Waals surface area (Å²) in [6.07, 6.45) is 7.17. The molecule has 1 saturated carbocycles. The topological polar surface area (TPSA) is 46.9 Å². The predicted molar refractivity (Wildman–Crippen MR) is 64.5 cm³/mol. The highest BCUT2D eigenvalue weighted by Crippen LogP contribution is 2.29. The predicted octanol–water partition coefficient (Wildman–Crippen LogP) is 1.63. The molecule has 1 fully saturated rings. The average molecular weight is 221 g/mol. The summed E-state index contributed by atoms with van der Waals surface area (Å²) in [6.45, 7) is 3.16. The Kier molecular flexibility index (Phi) is 3.27. The number of aryl methyl sites for hydroxylation is 1. The van der Waals surface area contributed by atoms with Crippen molar-refractivity contribution in [3.8, 4) is 0 Å². The fourth-order valence-electron chi connectivity index (χ4n) is 2.37.